The topological polar surface area (TPSA) is 59.4 Å². The van der Waals surface area contributed by atoms with Crippen LogP contribution in [0, 0.1) is 3.57 Å². The summed E-state index contributed by atoms with van der Waals surface area (Å²) in [7, 11) is 0. The third-order valence-corrected chi connectivity index (χ3v) is 3.23. The number of carboxylic acids is 1. The summed E-state index contributed by atoms with van der Waals surface area (Å²) in [5.74, 6) is -1.98. The lowest BCUT2D eigenvalue weighted by atomic mass is 10.2. The number of carbonyl (C=O) groups is 1. The number of carboxylic acid groups (broad SMARTS) is 1. The van der Waals surface area contributed by atoms with Gasteiger partial charge in [-0.15, -0.1) is 13.2 Å². The van der Waals surface area contributed by atoms with E-state index in [-0.39, 0.29) is 20.2 Å². The summed E-state index contributed by atoms with van der Waals surface area (Å²) in [6, 6.07) is 0. The molecule has 94 valence electrons. The predicted molar refractivity (Wildman–Crippen MR) is 63.2 cm³/mol. The normalized spacial score (nSPS) is 11.4. The SMILES string of the molecule is O=C(O)c1c(CBr)ncc(OC(F)(F)F)c1I. The molecule has 0 aliphatic carbocycles. The van der Waals surface area contributed by atoms with Gasteiger partial charge in [-0.05, 0) is 22.6 Å². The van der Waals surface area contributed by atoms with Gasteiger partial charge in [-0.3, -0.25) is 4.98 Å². The fourth-order valence-corrected chi connectivity index (χ4v) is 2.24. The van der Waals surface area contributed by atoms with Crippen molar-refractivity contribution in [3.8, 4) is 5.75 Å². The van der Waals surface area contributed by atoms with Crippen LogP contribution in [-0.2, 0) is 5.33 Å². The molecule has 0 saturated carbocycles. The third-order valence-electron chi connectivity index (χ3n) is 1.63. The van der Waals surface area contributed by atoms with Crippen LogP contribution in [0.3, 0.4) is 0 Å². The summed E-state index contributed by atoms with van der Waals surface area (Å²) in [6.45, 7) is 0. The molecule has 0 aliphatic rings. The van der Waals surface area contributed by atoms with Crippen molar-refractivity contribution in [2.24, 2.45) is 0 Å². The van der Waals surface area contributed by atoms with E-state index in [1.165, 1.54) is 22.6 Å². The van der Waals surface area contributed by atoms with Crippen molar-refractivity contribution in [3.63, 3.8) is 0 Å². The molecule has 1 aromatic heterocycles. The third kappa shape index (κ3) is 3.69. The molecule has 0 fully saturated rings. The van der Waals surface area contributed by atoms with Crippen LogP contribution in [-0.4, -0.2) is 22.4 Å². The summed E-state index contributed by atoms with van der Waals surface area (Å²) >= 11 is 4.48. The van der Waals surface area contributed by atoms with Crippen molar-refractivity contribution < 1.29 is 27.8 Å². The molecule has 0 radical (unpaired) electrons. The van der Waals surface area contributed by atoms with Crippen LogP contribution in [0.25, 0.3) is 0 Å². The van der Waals surface area contributed by atoms with E-state index in [1.807, 2.05) is 0 Å². The zero-order valence-corrected chi connectivity index (χ0v) is 11.6. The first-order valence-electron chi connectivity index (χ1n) is 3.98. The van der Waals surface area contributed by atoms with Crippen molar-refractivity contribution >= 4 is 44.5 Å². The number of aromatic carboxylic acids is 1. The van der Waals surface area contributed by atoms with E-state index in [4.69, 9.17) is 5.11 Å². The Balaban J connectivity index is 3.28. The number of pyridine rings is 1. The van der Waals surface area contributed by atoms with Gasteiger partial charge in [0.15, 0.2) is 5.75 Å². The fraction of sp³-hybridized carbons (Fsp3) is 0.250. The van der Waals surface area contributed by atoms with Crippen LogP contribution in [0.15, 0.2) is 6.20 Å². The quantitative estimate of drug-likeness (QED) is 0.597. The lowest BCUT2D eigenvalue weighted by Crippen LogP contribution is -2.19. The Labute approximate surface area is 115 Å². The monoisotopic (exact) mass is 425 g/mol. The molecule has 4 nitrogen and oxygen atoms in total. The number of ether oxygens (including phenoxy) is 1. The second kappa shape index (κ2) is 5.38. The number of hydrogen-bond donors (Lipinski definition) is 1. The van der Waals surface area contributed by atoms with Gasteiger partial charge in [0.25, 0.3) is 0 Å². The van der Waals surface area contributed by atoms with Gasteiger partial charge < -0.3 is 9.84 Å². The Morgan fingerprint density at radius 2 is 2.18 bits per heavy atom. The molecule has 17 heavy (non-hydrogen) atoms. The summed E-state index contributed by atoms with van der Waals surface area (Å²) < 4.78 is 39.6. The maximum absolute atomic E-state index is 12.0. The zero-order chi connectivity index (χ0) is 13.2. The van der Waals surface area contributed by atoms with Gasteiger partial charge in [0.05, 0.1) is 21.0 Å². The van der Waals surface area contributed by atoms with Crippen LogP contribution in [0.5, 0.6) is 5.75 Å². The molecule has 1 aromatic rings. The molecule has 0 unspecified atom stereocenters. The Morgan fingerprint density at radius 1 is 1.59 bits per heavy atom. The molecular formula is C8H4BrF3INO3. The Hall–Kier alpha value is -0.580. The number of alkyl halides is 4. The molecule has 0 aliphatic heterocycles. The average Bonchev–Trinajstić information content (AvgIpc) is 2.18. The number of aromatic nitrogens is 1. The minimum absolute atomic E-state index is 0.122. The summed E-state index contributed by atoms with van der Waals surface area (Å²) in [6.07, 6.45) is -4.04. The molecule has 0 amide bonds. The van der Waals surface area contributed by atoms with E-state index in [1.54, 1.807) is 0 Å². The van der Waals surface area contributed by atoms with Gasteiger partial charge in [-0.2, -0.15) is 0 Å². The maximum Gasteiger partial charge on any atom is 0.573 e. The Kier molecular flexibility index (Phi) is 4.58. The smallest absolute Gasteiger partial charge is 0.478 e. The summed E-state index contributed by atoms with van der Waals surface area (Å²) in [4.78, 5) is 14.5. The second-order valence-electron chi connectivity index (χ2n) is 2.74. The van der Waals surface area contributed by atoms with Crippen LogP contribution < -0.4 is 4.74 Å². The van der Waals surface area contributed by atoms with Gasteiger partial charge in [0, 0.05) is 5.33 Å². The molecule has 0 saturated heterocycles. The Morgan fingerprint density at radius 3 is 2.59 bits per heavy atom. The highest BCUT2D eigenvalue weighted by Crippen LogP contribution is 2.31. The first kappa shape index (κ1) is 14.5. The highest BCUT2D eigenvalue weighted by Gasteiger charge is 2.33. The minimum Gasteiger partial charge on any atom is -0.478 e. The van der Waals surface area contributed by atoms with E-state index in [9.17, 15) is 18.0 Å². The molecule has 9 heteroatoms. The van der Waals surface area contributed by atoms with E-state index in [0.717, 1.165) is 6.20 Å². The van der Waals surface area contributed by atoms with Crippen LogP contribution in [0.2, 0.25) is 0 Å². The van der Waals surface area contributed by atoms with Crippen LogP contribution in [0.1, 0.15) is 16.1 Å². The van der Waals surface area contributed by atoms with Gasteiger partial charge >= 0.3 is 12.3 Å². The number of rotatable bonds is 3. The molecule has 1 heterocycles. The number of halogens is 5. The van der Waals surface area contributed by atoms with Gasteiger partial charge in [-0.25, -0.2) is 4.79 Å². The molecule has 0 atom stereocenters. The average molecular weight is 426 g/mol. The van der Waals surface area contributed by atoms with E-state index >= 15 is 0 Å². The second-order valence-corrected chi connectivity index (χ2v) is 4.38. The van der Waals surface area contributed by atoms with Gasteiger partial charge in [0.1, 0.15) is 0 Å². The summed E-state index contributed by atoms with van der Waals surface area (Å²) in [5, 5.41) is 9.02. The van der Waals surface area contributed by atoms with Gasteiger partial charge in [0.2, 0.25) is 0 Å². The highest BCUT2D eigenvalue weighted by atomic mass is 127. The van der Waals surface area contributed by atoms with E-state index in [2.05, 4.69) is 25.7 Å². The zero-order valence-electron chi connectivity index (χ0n) is 7.89. The molecule has 0 aromatic carbocycles. The standard InChI is InChI=1S/C8H4BrF3INO3/c9-1-3-5(7(15)16)6(13)4(2-14-3)17-8(10,11)12/h2H,1H2,(H,15,16). The number of hydrogen-bond acceptors (Lipinski definition) is 3. The maximum atomic E-state index is 12.0. The number of nitrogens with zero attached hydrogens (tertiary/aromatic N) is 1. The van der Waals surface area contributed by atoms with Crippen molar-refractivity contribution in [1.82, 2.24) is 4.98 Å². The van der Waals surface area contributed by atoms with Crippen molar-refractivity contribution in [2.75, 3.05) is 0 Å². The molecule has 1 N–H and O–H groups in total. The highest BCUT2D eigenvalue weighted by molar-refractivity contribution is 14.1. The van der Waals surface area contributed by atoms with Crippen molar-refractivity contribution in [2.45, 2.75) is 11.7 Å². The van der Waals surface area contributed by atoms with Crippen molar-refractivity contribution in [3.05, 3.63) is 21.0 Å². The lowest BCUT2D eigenvalue weighted by molar-refractivity contribution is -0.275. The van der Waals surface area contributed by atoms with Crippen molar-refractivity contribution in [1.29, 1.82) is 0 Å². The Bertz CT molecular complexity index is 452. The lowest BCUT2D eigenvalue weighted by Gasteiger charge is -2.12. The molecular weight excluding hydrogens is 422 g/mol. The minimum atomic E-state index is -4.88. The molecule has 0 bridgehead atoms. The largest absolute Gasteiger partial charge is 0.573 e. The summed E-state index contributed by atoms with van der Waals surface area (Å²) in [5.41, 5.74) is -0.166. The van der Waals surface area contributed by atoms with E-state index < -0.39 is 18.1 Å². The van der Waals surface area contributed by atoms with Gasteiger partial charge in [-0.1, -0.05) is 15.9 Å². The van der Waals surface area contributed by atoms with Crippen LogP contribution in [0.4, 0.5) is 13.2 Å². The van der Waals surface area contributed by atoms with Crippen LogP contribution >= 0.6 is 38.5 Å². The predicted octanol–water partition coefficient (Wildman–Crippen LogP) is 3.18. The molecule has 1 rings (SSSR count). The van der Waals surface area contributed by atoms with E-state index in [0.29, 0.717) is 0 Å². The molecule has 0 spiro atoms. The fourth-order valence-electron chi connectivity index (χ4n) is 1.02. The first-order valence-corrected chi connectivity index (χ1v) is 6.18. The first-order chi connectivity index (χ1) is 7.76.